The fourth-order valence-electron chi connectivity index (χ4n) is 1.86. The number of carbonyl (C=O) groups is 1. The summed E-state index contributed by atoms with van der Waals surface area (Å²) in [5.41, 5.74) is 6.66. The molecule has 0 aliphatic carbocycles. The second-order valence-corrected chi connectivity index (χ2v) is 4.49. The average molecular weight is 279 g/mol. The molecule has 2 aromatic rings. The highest BCUT2D eigenvalue weighted by Crippen LogP contribution is 2.29. The number of benzene rings is 2. The van der Waals surface area contributed by atoms with E-state index >= 15 is 0 Å². The van der Waals surface area contributed by atoms with Gasteiger partial charge in [0.2, 0.25) is 0 Å². The maximum Gasteiger partial charge on any atom is 0.416 e. The molecule has 2 rings (SSSR count). The molecular formula is C15H12F3NO. The number of anilines is 1. The van der Waals surface area contributed by atoms with Crippen LogP contribution in [0.1, 0.15) is 27.0 Å². The van der Waals surface area contributed by atoms with Gasteiger partial charge in [-0.1, -0.05) is 18.2 Å². The Bertz CT molecular complexity index is 645. The van der Waals surface area contributed by atoms with Crippen molar-refractivity contribution in [2.24, 2.45) is 0 Å². The Morgan fingerprint density at radius 1 is 1.05 bits per heavy atom. The summed E-state index contributed by atoms with van der Waals surface area (Å²) in [5.74, 6) is -0.392. The summed E-state index contributed by atoms with van der Waals surface area (Å²) in [6, 6.07) is 9.04. The first-order valence-electron chi connectivity index (χ1n) is 5.87. The summed E-state index contributed by atoms with van der Waals surface area (Å²) < 4.78 is 37.3. The zero-order valence-corrected chi connectivity index (χ0v) is 10.7. The summed E-state index contributed by atoms with van der Waals surface area (Å²) in [6.45, 7) is 1.84. The number of aryl methyl sites for hydroxylation is 1. The van der Waals surface area contributed by atoms with Gasteiger partial charge in [-0.15, -0.1) is 0 Å². The van der Waals surface area contributed by atoms with Gasteiger partial charge in [-0.05, 0) is 36.8 Å². The molecule has 2 N–H and O–H groups in total. The van der Waals surface area contributed by atoms with Crippen molar-refractivity contribution in [3.63, 3.8) is 0 Å². The normalized spacial score (nSPS) is 11.4. The minimum atomic E-state index is -4.41. The minimum absolute atomic E-state index is 0.175. The summed E-state index contributed by atoms with van der Waals surface area (Å²) in [5, 5.41) is 0. The molecular weight excluding hydrogens is 267 g/mol. The van der Waals surface area contributed by atoms with E-state index in [1.165, 1.54) is 0 Å². The van der Waals surface area contributed by atoms with Gasteiger partial charge >= 0.3 is 6.18 Å². The molecule has 0 atom stereocenters. The molecule has 0 saturated carbocycles. The summed E-state index contributed by atoms with van der Waals surface area (Å²) in [6.07, 6.45) is -4.41. The molecule has 2 aromatic carbocycles. The van der Waals surface area contributed by atoms with Crippen molar-refractivity contribution in [2.45, 2.75) is 13.1 Å². The molecule has 20 heavy (non-hydrogen) atoms. The van der Waals surface area contributed by atoms with Crippen molar-refractivity contribution in [1.29, 1.82) is 0 Å². The third-order valence-electron chi connectivity index (χ3n) is 2.93. The molecule has 2 nitrogen and oxygen atoms in total. The largest absolute Gasteiger partial charge is 0.416 e. The number of ketones is 1. The van der Waals surface area contributed by atoms with Crippen LogP contribution in [0.3, 0.4) is 0 Å². The van der Waals surface area contributed by atoms with Crippen molar-refractivity contribution in [2.75, 3.05) is 5.73 Å². The lowest BCUT2D eigenvalue weighted by atomic mass is 9.99. The number of nitrogens with two attached hydrogens (primary N) is 1. The van der Waals surface area contributed by atoms with Crippen LogP contribution < -0.4 is 5.73 Å². The van der Waals surface area contributed by atoms with Gasteiger partial charge in [-0.25, -0.2) is 0 Å². The highest BCUT2D eigenvalue weighted by atomic mass is 19.4. The molecule has 0 aromatic heterocycles. The number of hydrogen-bond acceptors (Lipinski definition) is 2. The monoisotopic (exact) mass is 279 g/mol. The van der Waals surface area contributed by atoms with Gasteiger partial charge in [0.1, 0.15) is 0 Å². The molecule has 0 unspecified atom stereocenters. The molecule has 0 heterocycles. The second kappa shape index (κ2) is 5.00. The molecule has 0 bridgehead atoms. The van der Waals surface area contributed by atoms with Crippen molar-refractivity contribution in [3.8, 4) is 0 Å². The molecule has 0 saturated heterocycles. The zero-order chi connectivity index (χ0) is 14.9. The van der Waals surface area contributed by atoms with E-state index in [2.05, 4.69) is 0 Å². The Kier molecular flexibility index (Phi) is 3.53. The van der Waals surface area contributed by atoms with E-state index in [1.807, 2.05) is 6.92 Å². The third kappa shape index (κ3) is 2.82. The van der Waals surface area contributed by atoms with Crippen molar-refractivity contribution >= 4 is 11.5 Å². The summed E-state index contributed by atoms with van der Waals surface area (Å²) >= 11 is 0. The van der Waals surface area contributed by atoms with Gasteiger partial charge in [0.05, 0.1) is 5.56 Å². The lowest BCUT2D eigenvalue weighted by Gasteiger charge is -2.08. The minimum Gasteiger partial charge on any atom is -0.398 e. The lowest BCUT2D eigenvalue weighted by Crippen LogP contribution is -2.08. The van der Waals surface area contributed by atoms with Crippen LogP contribution in [0.15, 0.2) is 42.5 Å². The first-order chi connectivity index (χ1) is 9.29. The summed E-state index contributed by atoms with van der Waals surface area (Å²) in [7, 11) is 0. The molecule has 0 aliphatic heterocycles. The lowest BCUT2D eigenvalue weighted by molar-refractivity contribution is -0.137. The fourth-order valence-corrected chi connectivity index (χ4v) is 1.86. The zero-order valence-electron chi connectivity index (χ0n) is 10.7. The van der Waals surface area contributed by atoms with E-state index in [1.54, 1.807) is 18.2 Å². The highest BCUT2D eigenvalue weighted by Gasteiger charge is 2.30. The first-order valence-corrected chi connectivity index (χ1v) is 5.87. The SMILES string of the molecule is Cc1ccc(C(=O)c2ccc(C(F)(F)F)cc2)c(N)c1. The van der Waals surface area contributed by atoms with E-state index in [0.29, 0.717) is 5.69 Å². The predicted octanol–water partition coefficient (Wildman–Crippen LogP) is 3.83. The number of alkyl halides is 3. The van der Waals surface area contributed by atoms with Crippen molar-refractivity contribution in [3.05, 3.63) is 64.7 Å². The Morgan fingerprint density at radius 3 is 2.15 bits per heavy atom. The molecule has 5 heteroatoms. The fraction of sp³-hybridized carbons (Fsp3) is 0.133. The van der Waals surface area contributed by atoms with Crippen LogP contribution in [0.2, 0.25) is 0 Å². The quantitative estimate of drug-likeness (QED) is 0.670. The van der Waals surface area contributed by atoms with Crippen LogP contribution in [0, 0.1) is 6.92 Å². The van der Waals surface area contributed by atoms with E-state index in [4.69, 9.17) is 5.73 Å². The second-order valence-electron chi connectivity index (χ2n) is 4.49. The molecule has 0 radical (unpaired) electrons. The number of nitrogen functional groups attached to an aromatic ring is 1. The van der Waals surface area contributed by atoms with Crippen molar-refractivity contribution in [1.82, 2.24) is 0 Å². The van der Waals surface area contributed by atoms with Gasteiger partial charge in [-0.2, -0.15) is 13.2 Å². The van der Waals surface area contributed by atoms with Crippen LogP contribution in [-0.2, 0) is 6.18 Å². The number of halogens is 3. The summed E-state index contributed by atoms with van der Waals surface area (Å²) in [4.78, 5) is 12.2. The van der Waals surface area contributed by atoms with Gasteiger partial charge in [0.15, 0.2) is 5.78 Å². The van der Waals surface area contributed by atoms with Gasteiger partial charge in [-0.3, -0.25) is 4.79 Å². The standard InChI is InChI=1S/C15H12F3NO/c1-9-2-7-12(13(19)8-9)14(20)10-3-5-11(6-4-10)15(16,17)18/h2-8H,19H2,1H3. The molecule has 0 spiro atoms. The number of hydrogen-bond donors (Lipinski definition) is 1. The number of rotatable bonds is 2. The maximum absolute atomic E-state index is 12.4. The van der Waals surface area contributed by atoms with Crippen LogP contribution >= 0.6 is 0 Å². The van der Waals surface area contributed by atoms with E-state index in [-0.39, 0.29) is 11.1 Å². The van der Waals surface area contributed by atoms with E-state index in [0.717, 1.165) is 29.8 Å². The smallest absolute Gasteiger partial charge is 0.398 e. The van der Waals surface area contributed by atoms with Crippen LogP contribution in [0.5, 0.6) is 0 Å². The average Bonchev–Trinajstić information content (AvgIpc) is 2.37. The Balaban J connectivity index is 2.34. The Labute approximate surface area is 114 Å². The Morgan fingerprint density at radius 2 is 1.65 bits per heavy atom. The third-order valence-corrected chi connectivity index (χ3v) is 2.93. The highest BCUT2D eigenvalue weighted by molar-refractivity contribution is 6.12. The van der Waals surface area contributed by atoms with Crippen molar-refractivity contribution < 1.29 is 18.0 Å². The molecule has 0 amide bonds. The topological polar surface area (TPSA) is 43.1 Å². The van der Waals surface area contributed by atoms with Crippen LogP contribution in [0.25, 0.3) is 0 Å². The van der Waals surface area contributed by atoms with Gasteiger partial charge < -0.3 is 5.73 Å². The predicted molar refractivity (Wildman–Crippen MR) is 70.5 cm³/mol. The number of carbonyl (C=O) groups excluding carboxylic acids is 1. The van der Waals surface area contributed by atoms with Crippen LogP contribution in [-0.4, -0.2) is 5.78 Å². The van der Waals surface area contributed by atoms with Gasteiger partial charge in [0.25, 0.3) is 0 Å². The van der Waals surface area contributed by atoms with E-state index < -0.39 is 17.5 Å². The molecule has 0 fully saturated rings. The first kappa shape index (κ1) is 14.1. The molecule has 104 valence electrons. The Hall–Kier alpha value is -2.30. The maximum atomic E-state index is 12.4. The van der Waals surface area contributed by atoms with Crippen LogP contribution in [0.4, 0.5) is 18.9 Å². The van der Waals surface area contributed by atoms with E-state index in [9.17, 15) is 18.0 Å². The molecule has 0 aliphatic rings. The van der Waals surface area contributed by atoms with Gasteiger partial charge in [0, 0.05) is 16.8 Å².